The predicted octanol–water partition coefficient (Wildman–Crippen LogP) is 5.42. The number of urea groups is 1. The highest BCUT2D eigenvalue weighted by atomic mass is 31.2. The molecule has 0 radical (unpaired) electrons. The second-order valence-electron chi connectivity index (χ2n) is 21.3. The molecule has 13 atom stereocenters. The number of carbonyl (C=O) groups excluding carboxylic acids is 6. The summed E-state index contributed by atoms with van der Waals surface area (Å²) in [6.07, 6.45) is 10.8. The van der Waals surface area contributed by atoms with Gasteiger partial charge < -0.3 is 51.2 Å². The average Bonchev–Trinajstić information content (AvgIpc) is 3.81. The van der Waals surface area contributed by atoms with Gasteiger partial charge in [-0.3, -0.25) is 33.0 Å². The molecule has 1 aromatic rings. The van der Waals surface area contributed by atoms with Gasteiger partial charge in [0.1, 0.15) is 31.4 Å². The molecule has 1 aliphatic heterocycles. The Kier molecular flexibility index (Phi) is 18.3. The van der Waals surface area contributed by atoms with Crippen molar-refractivity contribution >= 4 is 48.8 Å². The lowest BCUT2D eigenvalue weighted by Gasteiger charge is -2.59. The minimum absolute atomic E-state index is 0.0149. The van der Waals surface area contributed by atoms with E-state index in [1.54, 1.807) is 38.1 Å². The van der Waals surface area contributed by atoms with Crippen LogP contribution in [0.4, 0.5) is 10.5 Å². The van der Waals surface area contributed by atoms with E-state index in [4.69, 9.17) is 29.0 Å². The van der Waals surface area contributed by atoms with Crippen LogP contribution in [0.1, 0.15) is 124 Å². The number of benzene rings is 1. The molecule has 1 saturated heterocycles. The molecule has 0 aromatic heterocycles. The van der Waals surface area contributed by atoms with E-state index in [-0.39, 0.29) is 68.0 Å². The molecule has 6 aliphatic rings. The minimum atomic E-state index is -4.85. The Morgan fingerprint density at radius 1 is 1.01 bits per heavy atom. The Balaban J connectivity index is 0.951. The average molecular weight is 1040 g/mol. The summed E-state index contributed by atoms with van der Waals surface area (Å²) in [7, 11) is -4.85. The molecular formula is C53H74N5O14P. The number of aliphatic hydroxyl groups excluding tert-OH is 1. The van der Waals surface area contributed by atoms with E-state index in [1.165, 1.54) is 12.1 Å². The number of ether oxygens (including phenoxy) is 3. The smallest absolute Gasteiger partial charge is 0.393 e. The second kappa shape index (κ2) is 23.8. The zero-order chi connectivity index (χ0) is 52.7. The molecule has 8 N–H and O–H groups in total. The Morgan fingerprint density at radius 2 is 1.78 bits per heavy atom. The third-order valence-electron chi connectivity index (χ3n) is 16.0. The number of hydrogen-bond donors (Lipinski definition) is 7. The highest BCUT2D eigenvalue weighted by Gasteiger charge is 2.76. The predicted molar refractivity (Wildman–Crippen MR) is 268 cm³/mol. The summed E-state index contributed by atoms with van der Waals surface area (Å²) in [4.78, 5) is 89.5. The maximum absolute atomic E-state index is 14.6. The Hall–Kier alpha value is -4.77. The van der Waals surface area contributed by atoms with Gasteiger partial charge in [0, 0.05) is 35.4 Å². The normalized spacial score (nSPS) is 31.8. The monoisotopic (exact) mass is 1040 g/mol. The van der Waals surface area contributed by atoms with E-state index in [1.807, 2.05) is 19.9 Å². The summed E-state index contributed by atoms with van der Waals surface area (Å²) in [6.45, 7) is 8.16. The van der Waals surface area contributed by atoms with Crippen molar-refractivity contribution in [2.24, 2.45) is 40.2 Å². The van der Waals surface area contributed by atoms with Crippen LogP contribution in [0.5, 0.6) is 0 Å². The number of nitrogens with one attached hydrogen (secondary N) is 4. The number of anilines is 1. The molecule has 0 spiro atoms. The van der Waals surface area contributed by atoms with E-state index >= 15 is 0 Å². The number of ketones is 2. The zero-order valence-electron chi connectivity index (χ0n) is 42.7. The van der Waals surface area contributed by atoms with Gasteiger partial charge in [-0.05, 0) is 112 Å². The van der Waals surface area contributed by atoms with Crippen molar-refractivity contribution in [2.75, 3.05) is 25.1 Å². The van der Waals surface area contributed by atoms with E-state index < -0.39 is 97.6 Å². The van der Waals surface area contributed by atoms with Gasteiger partial charge in [0.05, 0.1) is 18.8 Å². The molecular weight excluding hydrogens is 962 g/mol. The van der Waals surface area contributed by atoms with E-state index in [2.05, 4.69) is 40.0 Å². The summed E-state index contributed by atoms with van der Waals surface area (Å²) >= 11 is 0. The molecule has 19 nitrogen and oxygen atoms in total. The highest BCUT2D eigenvalue weighted by molar-refractivity contribution is 7.47. The number of phosphoric ester groups is 1. The molecule has 5 aliphatic carbocycles. The quantitative estimate of drug-likeness (QED) is 0.0434. The number of aliphatic hydroxyl groups is 1. The topological polar surface area (TPSA) is 280 Å². The third-order valence-corrected chi connectivity index (χ3v) is 16.9. The van der Waals surface area contributed by atoms with Crippen molar-refractivity contribution in [3.05, 3.63) is 53.6 Å². The van der Waals surface area contributed by atoms with Crippen LogP contribution < -0.4 is 27.0 Å². The molecule has 73 heavy (non-hydrogen) atoms. The van der Waals surface area contributed by atoms with Gasteiger partial charge in [0.2, 0.25) is 17.7 Å². The fraction of sp³-hybridized carbons (Fsp3) is 0.660. The van der Waals surface area contributed by atoms with Crippen molar-refractivity contribution in [1.82, 2.24) is 16.0 Å². The van der Waals surface area contributed by atoms with Crippen molar-refractivity contribution in [1.29, 1.82) is 0 Å². The fourth-order valence-electron chi connectivity index (χ4n) is 12.4. The number of fused-ring (bicyclic) bond motifs is 7. The number of amides is 5. The molecule has 20 heteroatoms. The molecule has 4 unspecified atom stereocenters. The van der Waals surface area contributed by atoms with Gasteiger partial charge in [-0.15, -0.1) is 5.92 Å². The summed E-state index contributed by atoms with van der Waals surface area (Å²) in [5, 5.41) is 22.7. The molecule has 7 rings (SSSR count). The number of primary amides is 1. The van der Waals surface area contributed by atoms with Gasteiger partial charge in [-0.1, -0.05) is 77.2 Å². The molecule has 1 heterocycles. The zero-order valence-corrected chi connectivity index (χ0v) is 43.5. The van der Waals surface area contributed by atoms with Crippen molar-refractivity contribution < 1.29 is 66.6 Å². The van der Waals surface area contributed by atoms with Gasteiger partial charge in [-0.2, -0.15) is 0 Å². The van der Waals surface area contributed by atoms with Crippen LogP contribution in [0.3, 0.4) is 0 Å². The highest BCUT2D eigenvalue weighted by Crippen LogP contribution is 2.70. The summed E-state index contributed by atoms with van der Waals surface area (Å²) in [6, 6.07) is 3.32. The van der Waals surface area contributed by atoms with Crippen LogP contribution in [-0.4, -0.2) is 107 Å². The number of hydrogen-bond acceptors (Lipinski definition) is 13. The van der Waals surface area contributed by atoms with E-state index in [9.17, 15) is 43.3 Å². The Labute approximate surface area is 427 Å². The van der Waals surface area contributed by atoms with Crippen molar-refractivity contribution in [2.45, 2.75) is 167 Å². The van der Waals surface area contributed by atoms with Gasteiger partial charge in [0.15, 0.2) is 23.5 Å². The van der Waals surface area contributed by atoms with Gasteiger partial charge >= 0.3 is 13.9 Å². The second-order valence-corrected chi connectivity index (χ2v) is 22.7. The number of allylic oxidation sites excluding steroid dienone is 4. The SMILES string of the molecule is CCCC1O[C@@H]2C[C@H]3[C@@H]4CCC5=CC(=O)C=C[C@]5(C)[C@H]4[C@@H](O)C[C@]3(C)[C@]2(C(=O)COP(=O)(O)OCc2ccc(NC(=O)C(CCCNC(N)=O)NC(=O)[C@@H](NC(=O)COC3C#CCCCCC3)C(C)C)cc2)O1. The number of phosphoric acid groups is 1. The Morgan fingerprint density at radius 3 is 2.51 bits per heavy atom. The first-order valence-electron chi connectivity index (χ1n) is 25.9. The standard InChI is InChI=1S/C53H74N5O14P/c1-6-13-45-71-43-27-39-38-22-19-34-26-36(59)23-24-51(34,4)46(38)41(60)28-52(39,5)53(43,72-45)42(61)30-70-73(66,67)69-29-33-17-20-35(21-18-33)56-48(63)40(16-12-25-55-50(54)65)57-49(64)47(32(2)3)58-44(62)31-68-37-14-10-8-7-9-11-15-37/h17-18,20-21,23-24,26,32,37-41,43,45-47,60H,6-10,12-14,16,19,22,25,27-31H2,1-5H3,(H,56,63)(H,57,64)(H,58,62)(H,66,67)(H3,54,55,65)/t37?,38-,39-,40?,41-,43+,45?,46+,47-,51-,52-,53+/m0/s1. The van der Waals surface area contributed by atoms with Crippen LogP contribution in [0.25, 0.3) is 0 Å². The van der Waals surface area contributed by atoms with Crippen LogP contribution >= 0.6 is 7.82 Å². The molecule has 4 fully saturated rings. The molecule has 1 aromatic carbocycles. The van der Waals surface area contributed by atoms with E-state index in [0.717, 1.165) is 44.1 Å². The van der Waals surface area contributed by atoms with Gasteiger partial charge in [0.25, 0.3) is 0 Å². The number of rotatable bonds is 22. The molecule has 5 amide bonds. The number of nitrogens with two attached hydrogens (primary N) is 1. The van der Waals surface area contributed by atoms with Crippen LogP contribution in [0, 0.1) is 46.3 Å². The Bertz CT molecular complexity index is 2400. The van der Waals surface area contributed by atoms with Crippen LogP contribution in [-0.2, 0) is 58.4 Å². The largest absolute Gasteiger partial charge is 0.472 e. The molecule has 0 bridgehead atoms. The first-order valence-corrected chi connectivity index (χ1v) is 27.4. The first-order chi connectivity index (χ1) is 34.7. The number of Topliss-reactive ketones (excluding diaryl/α,β-unsaturated/α-hetero) is 1. The third kappa shape index (κ3) is 12.7. The van der Waals surface area contributed by atoms with Crippen LogP contribution in [0.15, 0.2) is 48.1 Å². The lowest BCUT2D eigenvalue weighted by Crippen LogP contribution is -2.63. The maximum atomic E-state index is 14.6. The summed E-state index contributed by atoms with van der Waals surface area (Å²) in [5.74, 6) is 3.15. The van der Waals surface area contributed by atoms with Crippen LogP contribution in [0.2, 0.25) is 0 Å². The van der Waals surface area contributed by atoms with Gasteiger partial charge in [-0.25, -0.2) is 9.36 Å². The van der Waals surface area contributed by atoms with Crippen molar-refractivity contribution in [3.63, 3.8) is 0 Å². The fourth-order valence-corrected chi connectivity index (χ4v) is 13.1. The molecule has 400 valence electrons. The summed E-state index contributed by atoms with van der Waals surface area (Å²) in [5.41, 5.74) is 3.97. The lowest BCUT2D eigenvalue weighted by atomic mass is 9.46. The maximum Gasteiger partial charge on any atom is 0.472 e. The summed E-state index contributed by atoms with van der Waals surface area (Å²) < 4.78 is 43.0. The van der Waals surface area contributed by atoms with E-state index in [0.29, 0.717) is 36.9 Å². The van der Waals surface area contributed by atoms with Crippen molar-refractivity contribution in [3.8, 4) is 11.8 Å². The number of carbonyl (C=O) groups is 6. The molecule has 3 saturated carbocycles. The first kappa shape index (κ1) is 56.0. The minimum Gasteiger partial charge on any atom is -0.393 e. The lowest BCUT2D eigenvalue weighted by molar-refractivity contribution is -0.200.